The number of carbonyl (C=O) groups is 1. The van der Waals surface area contributed by atoms with Gasteiger partial charge in [-0.15, -0.1) is 0 Å². The van der Waals surface area contributed by atoms with E-state index in [-0.39, 0.29) is 6.04 Å². The van der Waals surface area contributed by atoms with E-state index in [4.69, 9.17) is 4.74 Å². The topological polar surface area (TPSA) is 58.6 Å². The van der Waals surface area contributed by atoms with Crippen LogP contribution in [0.1, 0.15) is 33.6 Å². The molecule has 1 aliphatic rings. The Morgan fingerprint density at radius 2 is 2.35 bits per heavy atom. The zero-order chi connectivity index (χ0) is 12.9. The van der Waals surface area contributed by atoms with Crippen LogP contribution in [0.25, 0.3) is 0 Å². The predicted molar refractivity (Wildman–Crippen MR) is 70.6 cm³/mol. The lowest BCUT2D eigenvalue weighted by molar-refractivity contribution is -0.143. The van der Waals surface area contributed by atoms with Crippen molar-refractivity contribution in [2.24, 2.45) is 0 Å². The summed E-state index contributed by atoms with van der Waals surface area (Å²) < 4.78 is 5.52. The number of hydrogen-bond donors (Lipinski definition) is 2. The molecule has 100 valence electrons. The molecule has 0 amide bonds. The normalized spacial score (nSPS) is 23.9. The molecular weight excluding hydrogens is 238 g/mol. The molecule has 0 saturated carbocycles. The SMILES string of the molecule is CC(C)NC(C)(CSCC1CCCO1)C(=O)O. The Morgan fingerprint density at radius 1 is 1.65 bits per heavy atom. The first-order valence-corrected chi connectivity index (χ1v) is 7.30. The van der Waals surface area contributed by atoms with Crippen LogP contribution < -0.4 is 5.32 Å². The molecule has 4 nitrogen and oxygen atoms in total. The van der Waals surface area contributed by atoms with Crippen molar-refractivity contribution in [2.75, 3.05) is 18.1 Å². The number of rotatable bonds is 7. The molecule has 1 heterocycles. The molecular formula is C12H23NO3S. The van der Waals surface area contributed by atoms with E-state index >= 15 is 0 Å². The Morgan fingerprint density at radius 3 is 2.82 bits per heavy atom. The Bertz CT molecular complexity index is 254. The standard InChI is InChI=1S/C12H23NO3S/c1-9(2)13-12(3,11(14)15)8-17-7-10-5-4-6-16-10/h9-10,13H,4-8H2,1-3H3,(H,14,15). The number of nitrogens with one attached hydrogen (secondary N) is 1. The Kier molecular flexibility index (Phi) is 5.76. The number of carboxylic acids is 1. The maximum Gasteiger partial charge on any atom is 0.324 e. The smallest absolute Gasteiger partial charge is 0.324 e. The molecule has 0 aromatic heterocycles. The van der Waals surface area contributed by atoms with E-state index in [1.807, 2.05) is 13.8 Å². The van der Waals surface area contributed by atoms with Crippen LogP contribution >= 0.6 is 11.8 Å². The first-order chi connectivity index (χ1) is 7.94. The maximum atomic E-state index is 11.3. The van der Waals surface area contributed by atoms with Crippen molar-refractivity contribution in [1.82, 2.24) is 5.32 Å². The van der Waals surface area contributed by atoms with E-state index in [1.165, 1.54) is 0 Å². The number of hydrogen-bond acceptors (Lipinski definition) is 4. The molecule has 1 fully saturated rings. The highest BCUT2D eigenvalue weighted by Crippen LogP contribution is 2.21. The van der Waals surface area contributed by atoms with Gasteiger partial charge in [0.25, 0.3) is 0 Å². The van der Waals surface area contributed by atoms with Gasteiger partial charge in [0, 0.05) is 24.2 Å². The third-order valence-electron chi connectivity index (χ3n) is 2.80. The largest absolute Gasteiger partial charge is 0.480 e. The van der Waals surface area contributed by atoms with Gasteiger partial charge in [-0.25, -0.2) is 0 Å². The molecule has 2 atom stereocenters. The summed E-state index contributed by atoms with van der Waals surface area (Å²) in [6.07, 6.45) is 2.55. The van der Waals surface area contributed by atoms with E-state index in [0.717, 1.165) is 25.2 Å². The summed E-state index contributed by atoms with van der Waals surface area (Å²) in [7, 11) is 0. The summed E-state index contributed by atoms with van der Waals surface area (Å²) in [4.78, 5) is 11.3. The van der Waals surface area contributed by atoms with Gasteiger partial charge < -0.3 is 9.84 Å². The van der Waals surface area contributed by atoms with Crippen molar-refractivity contribution in [3.8, 4) is 0 Å². The fourth-order valence-corrected chi connectivity index (χ4v) is 3.23. The highest BCUT2D eigenvalue weighted by atomic mass is 32.2. The summed E-state index contributed by atoms with van der Waals surface area (Å²) in [5.74, 6) is 0.675. The van der Waals surface area contributed by atoms with Crippen molar-refractivity contribution in [3.63, 3.8) is 0 Å². The molecule has 0 aromatic rings. The molecule has 0 aromatic carbocycles. The van der Waals surface area contributed by atoms with Gasteiger partial charge in [-0.05, 0) is 33.6 Å². The van der Waals surface area contributed by atoms with Gasteiger partial charge >= 0.3 is 5.97 Å². The van der Waals surface area contributed by atoms with E-state index in [9.17, 15) is 9.90 Å². The highest BCUT2D eigenvalue weighted by Gasteiger charge is 2.33. The monoisotopic (exact) mass is 261 g/mol. The highest BCUT2D eigenvalue weighted by molar-refractivity contribution is 7.99. The van der Waals surface area contributed by atoms with Crippen molar-refractivity contribution in [1.29, 1.82) is 0 Å². The lowest BCUT2D eigenvalue weighted by atomic mass is 10.1. The second-order valence-electron chi connectivity index (χ2n) is 5.09. The lowest BCUT2D eigenvalue weighted by Crippen LogP contribution is -2.54. The molecule has 1 saturated heterocycles. The van der Waals surface area contributed by atoms with E-state index in [2.05, 4.69) is 5.32 Å². The van der Waals surface area contributed by atoms with Crippen LogP contribution in [0, 0.1) is 0 Å². The van der Waals surface area contributed by atoms with Crippen LogP contribution in [-0.4, -0.2) is 46.9 Å². The van der Waals surface area contributed by atoms with Gasteiger partial charge in [-0.3, -0.25) is 10.1 Å². The van der Waals surface area contributed by atoms with Gasteiger partial charge in [0.1, 0.15) is 5.54 Å². The number of carboxylic acid groups (broad SMARTS) is 1. The first-order valence-electron chi connectivity index (χ1n) is 6.14. The molecule has 0 aliphatic carbocycles. The average molecular weight is 261 g/mol. The summed E-state index contributed by atoms with van der Waals surface area (Å²) in [6.45, 7) is 6.53. The minimum Gasteiger partial charge on any atom is -0.480 e. The van der Waals surface area contributed by atoms with Crippen LogP contribution in [0.3, 0.4) is 0 Å². The number of ether oxygens (including phenoxy) is 1. The zero-order valence-corrected chi connectivity index (χ0v) is 11.7. The Hall–Kier alpha value is -0.260. The third-order valence-corrected chi connectivity index (χ3v) is 4.19. The van der Waals surface area contributed by atoms with Crippen molar-refractivity contribution >= 4 is 17.7 Å². The van der Waals surface area contributed by atoms with E-state index < -0.39 is 11.5 Å². The van der Waals surface area contributed by atoms with Crippen LogP contribution in [0.2, 0.25) is 0 Å². The molecule has 0 bridgehead atoms. The van der Waals surface area contributed by atoms with E-state index in [1.54, 1.807) is 18.7 Å². The van der Waals surface area contributed by atoms with Crippen LogP contribution in [0.4, 0.5) is 0 Å². The van der Waals surface area contributed by atoms with Crippen molar-refractivity contribution in [2.45, 2.75) is 51.3 Å². The van der Waals surface area contributed by atoms with E-state index in [0.29, 0.717) is 11.9 Å². The Balaban J connectivity index is 2.35. The second kappa shape index (κ2) is 6.61. The molecule has 5 heteroatoms. The molecule has 1 rings (SSSR count). The third kappa shape index (κ3) is 4.85. The van der Waals surface area contributed by atoms with Crippen LogP contribution in [0.5, 0.6) is 0 Å². The number of thioether (sulfide) groups is 1. The van der Waals surface area contributed by atoms with Crippen LogP contribution in [-0.2, 0) is 9.53 Å². The van der Waals surface area contributed by atoms with Gasteiger partial charge in [-0.1, -0.05) is 0 Å². The van der Waals surface area contributed by atoms with Crippen molar-refractivity contribution in [3.05, 3.63) is 0 Å². The summed E-state index contributed by atoms with van der Waals surface area (Å²) in [5, 5.41) is 12.4. The maximum absolute atomic E-state index is 11.3. The zero-order valence-electron chi connectivity index (χ0n) is 10.9. The predicted octanol–water partition coefficient (Wildman–Crippen LogP) is 1.74. The molecule has 0 spiro atoms. The average Bonchev–Trinajstić information content (AvgIpc) is 2.69. The summed E-state index contributed by atoms with van der Waals surface area (Å²) >= 11 is 1.66. The number of aliphatic carboxylic acids is 1. The van der Waals surface area contributed by atoms with Crippen LogP contribution in [0.15, 0.2) is 0 Å². The fraction of sp³-hybridized carbons (Fsp3) is 0.917. The summed E-state index contributed by atoms with van der Waals surface area (Å²) in [5.41, 5.74) is -0.850. The lowest BCUT2D eigenvalue weighted by Gasteiger charge is -2.28. The van der Waals surface area contributed by atoms with Gasteiger partial charge in [0.2, 0.25) is 0 Å². The first kappa shape index (κ1) is 14.8. The van der Waals surface area contributed by atoms with Crippen molar-refractivity contribution < 1.29 is 14.6 Å². The van der Waals surface area contributed by atoms with Gasteiger partial charge in [0.05, 0.1) is 6.10 Å². The Labute approximate surface area is 107 Å². The summed E-state index contributed by atoms with van der Waals surface area (Å²) in [6, 6.07) is 0.166. The second-order valence-corrected chi connectivity index (χ2v) is 6.12. The minimum absolute atomic E-state index is 0.166. The molecule has 2 N–H and O–H groups in total. The molecule has 0 radical (unpaired) electrons. The fourth-order valence-electron chi connectivity index (χ4n) is 1.97. The molecule has 1 aliphatic heterocycles. The molecule has 2 unspecified atom stereocenters. The van der Waals surface area contributed by atoms with Gasteiger partial charge in [0.15, 0.2) is 0 Å². The molecule has 17 heavy (non-hydrogen) atoms. The minimum atomic E-state index is -0.850. The van der Waals surface area contributed by atoms with Gasteiger partial charge in [-0.2, -0.15) is 11.8 Å². The quantitative estimate of drug-likeness (QED) is 0.731.